The summed E-state index contributed by atoms with van der Waals surface area (Å²) in [5.41, 5.74) is 6.35. The third-order valence-corrected chi connectivity index (χ3v) is 7.85. The van der Waals surface area contributed by atoms with Crippen molar-refractivity contribution >= 4 is 22.9 Å². The van der Waals surface area contributed by atoms with Gasteiger partial charge in [-0.15, -0.1) is 0 Å². The number of benzene rings is 2. The summed E-state index contributed by atoms with van der Waals surface area (Å²) < 4.78 is 8.13. The lowest BCUT2D eigenvalue weighted by molar-refractivity contribution is -0.689. The van der Waals surface area contributed by atoms with Gasteiger partial charge in [0.05, 0.1) is 18.4 Å². The SMILES string of the molecule is CCCCCCCCCCCCCCOc1ccc(CC(=O)Nc2cccc(C[n+]3cscc3C)c2)cc1. The molecule has 206 valence electrons. The molecule has 4 nitrogen and oxygen atoms in total. The normalized spacial score (nSPS) is 11.0. The molecular weight excluding hydrogens is 488 g/mol. The molecular formula is C33H47N2O2S+. The van der Waals surface area contributed by atoms with Gasteiger partial charge in [0.15, 0.2) is 12.2 Å². The van der Waals surface area contributed by atoms with Gasteiger partial charge in [-0.2, -0.15) is 4.57 Å². The van der Waals surface area contributed by atoms with Crippen molar-refractivity contribution in [2.75, 3.05) is 11.9 Å². The molecule has 0 unspecified atom stereocenters. The first-order chi connectivity index (χ1) is 18.6. The molecule has 5 heteroatoms. The van der Waals surface area contributed by atoms with Gasteiger partial charge in [-0.05, 0) is 36.2 Å². The van der Waals surface area contributed by atoms with Crippen LogP contribution in [0.25, 0.3) is 0 Å². The van der Waals surface area contributed by atoms with Crippen LogP contribution in [0.4, 0.5) is 5.69 Å². The van der Waals surface area contributed by atoms with Crippen molar-refractivity contribution in [1.29, 1.82) is 0 Å². The molecule has 38 heavy (non-hydrogen) atoms. The number of anilines is 1. The Morgan fingerprint density at radius 2 is 1.50 bits per heavy atom. The van der Waals surface area contributed by atoms with E-state index in [1.54, 1.807) is 11.3 Å². The smallest absolute Gasteiger partial charge is 0.228 e. The van der Waals surface area contributed by atoms with Crippen molar-refractivity contribution in [3.05, 3.63) is 76.2 Å². The third kappa shape index (κ3) is 11.8. The van der Waals surface area contributed by atoms with Gasteiger partial charge in [0.1, 0.15) is 5.75 Å². The van der Waals surface area contributed by atoms with Gasteiger partial charge in [0.2, 0.25) is 11.4 Å². The number of aryl methyl sites for hydroxylation is 1. The zero-order chi connectivity index (χ0) is 26.8. The number of nitrogens with zero attached hydrogens (tertiary/aromatic N) is 1. The van der Waals surface area contributed by atoms with E-state index in [9.17, 15) is 4.79 Å². The number of ether oxygens (including phenoxy) is 1. The molecule has 0 aliphatic heterocycles. The molecule has 1 amide bonds. The van der Waals surface area contributed by atoms with E-state index in [-0.39, 0.29) is 5.91 Å². The summed E-state index contributed by atoms with van der Waals surface area (Å²) in [5, 5.41) is 5.18. The summed E-state index contributed by atoms with van der Waals surface area (Å²) in [4.78, 5) is 12.6. The van der Waals surface area contributed by atoms with Gasteiger partial charge in [-0.1, -0.05) is 113 Å². The Kier molecular flexibility index (Phi) is 14.0. The number of carbonyl (C=O) groups is 1. The highest BCUT2D eigenvalue weighted by molar-refractivity contribution is 7.07. The van der Waals surface area contributed by atoms with E-state index in [1.165, 1.54) is 81.9 Å². The van der Waals surface area contributed by atoms with Crippen molar-refractivity contribution in [2.45, 2.75) is 104 Å². The Morgan fingerprint density at radius 3 is 2.13 bits per heavy atom. The fourth-order valence-corrected chi connectivity index (χ4v) is 5.47. The Bertz CT molecular complexity index is 1060. The summed E-state index contributed by atoms with van der Waals surface area (Å²) >= 11 is 1.70. The average molecular weight is 536 g/mol. The van der Waals surface area contributed by atoms with Gasteiger partial charge >= 0.3 is 0 Å². The summed E-state index contributed by atoms with van der Waals surface area (Å²) in [6.07, 6.45) is 16.5. The second-order valence-corrected chi connectivity index (χ2v) is 11.2. The maximum absolute atomic E-state index is 12.6. The van der Waals surface area contributed by atoms with Crippen molar-refractivity contribution in [3.63, 3.8) is 0 Å². The Morgan fingerprint density at radius 1 is 0.842 bits per heavy atom. The third-order valence-electron chi connectivity index (χ3n) is 7.00. The second kappa shape index (κ2) is 17.8. The van der Waals surface area contributed by atoms with Crippen LogP contribution in [-0.4, -0.2) is 12.5 Å². The van der Waals surface area contributed by atoms with Crippen LogP contribution in [-0.2, 0) is 17.8 Å². The first-order valence-electron chi connectivity index (χ1n) is 14.7. The number of amides is 1. The molecule has 0 saturated heterocycles. The van der Waals surface area contributed by atoms with E-state index in [4.69, 9.17) is 4.74 Å². The monoisotopic (exact) mass is 535 g/mol. The minimum absolute atomic E-state index is 0.00771. The molecule has 0 bridgehead atoms. The number of nitrogens with one attached hydrogen (secondary N) is 1. The van der Waals surface area contributed by atoms with E-state index < -0.39 is 0 Å². The minimum atomic E-state index is -0.00771. The standard InChI is InChI=1S/C33H46N2O2S/c1-3-4-5-6-7-8-9-10-11-12-13-14-22-37-32-20-18-29(19-21-32)24-33(36)34-31-17-15-16-30(23-31)25-35-27-38-26-28(35)2/h15-21,23,26-27H,3-14,22,24-25H2,1-2H3/p+1. The van der Waals surface area contributed by atoms with Gasteiger partial charge in [-0.3, -0.25) is 4.79 Å². The molecule has 1 aromatic heterocycles. The molecule has 3 rings (SSSR count). The Balaban J connectivity index is 1.26. The largest absolute Gasteiger partial charge is 0.494 e. The van der Waals surface area contributed by atoms with Gasteiger partial charge in [0, 0.05) is 18.2 Å². The van der Waals surface area contributed by atoms with Crippen LogP contribution >= 0.6 is 11.3 Å². The molecule has 0 spiro atoms. The number of aromatic nitrogens is 1. The molecule has 1 N–H and O–H groups in total. The second-order valence-electron chi connectivity index (χ2n) is 10.4. The number of rotatable bonds is 19. The molecule has 0 aliphatic rings. The zero-order valence-electron chi connectivity index (χ0n) is 23.6. The number of hydrogen-bond donors (Lipinski definition) is 1. The van der Waals surface area contributed by atoms with E-state index in [2.05, 4.69) is 46.8 Å². The molecule has 0 saturated carbocycles. The zero-order valence-corrected chi connectivity index (χ0v) is 24.4. The first kappa shape index (κ1) is 29.9. The summed E-state index contributed by atoms with van der Waals surface area (Å²) in [5.74, 6) is 0.873. The highest BCUT2D eigenvalue weighted by Crippen LogP contribution is 2.16. The highest BCUT2D eigenvalue weighted by Gasteiger charge is 2.10. The number of hydrogen-bond acceptors (Lipinski definition) is 3. The topological polar surface area (TPSA) is 42.2 Å². The van der Waals surface area contributed by atoms with Gasteiger partial charge in [-0.25, -0.2) is 0 Å². The van der Waals surface area contributed by atoms with Crippen LogP contribution in [0.5, 0.6) is 5.75 Å². The summed E-state index contributed by atoms with van der Waals surface area (Å²) in [6, 6.07) is 16.0. The Hall–Kier alpha value is -2.66. The minimum Gasteiger partial charge on any atom is -0.494 e. The van der Waals surface area contributed by atoms with Gasteiger partial charge in [0.25, 0.3) is 0 Å². The molecule has 0 radical (unpaired) electrons. The van der Waals surface area contributed by atoms with Gasteiger partial charge < -0.3 is 10.1 Å². The van der Waals surface area contributed by atoms with Crippen LogP contribution in [0.3, 0.4) is 0 Å². The lowest BCUT2D eigenvalue weighted by Gasteiger charge is -2.09. The predicted molar refractivity (Wildman–Crippen MR) is 160 cm³/mol. The fraction of sp³-hybridized carbons (Fsp3) is 0.515. The maximum Gasteiger partial charge on any atom is 0.228 e. The number of unbranched alkanes of at least 4 members (excludes halogenated alkanes) is 11. The quantitative estimate of drug-likeness (QED) is 0.123. The van der Waals surface area contributed by atoms with Crippen molar-refractivity contribution in [1.82, 2.24) is 0 Å². The maximum atomic E-state index is 12.6. The van der Waals surface area contributed by atoms with E-state index in [1.807, 2.05) is 36.4 Å². The van der Waals surface area contributed by atoms with Crippen LogP contribution < -0.4 is 14.6 Å². The molecule has 1 heterocycles. The fourth-order valence-electron chi connectivity index (χ4n) is 4.69. The summed E-state index contributed by atoms with van der Waals surface area (Å²) in [6.45, 7) is 5.95. The lowest BCUT2D eigenvalue weighted by atomic mass is 10.1. The first-order valence-corrected chi connectivity index (χ1v) is 15.6. The predicted octanol–water partition coefficient (Wildman–Crippen LogP) is 8.65. The Labute approximate surface area is 234 Å². The van der Waals surface area contributed by atoms with Crippen LogP contribution in [0.2, 0.25) is 0 Å². The number of thiazole rings is 1. The van der Waals surface area contributed by atoms with Crippen LogP contribution in [0.15, 0.2) is 59.4 Å². The van der Waals surface area contributed by atoms with Crippen LogP contribution in [0.1, 0.15) is 101 Å². The van der Waals surface area contributed by atoms with E-state index >= 15 is 0 Å². The average Bonchev–Trinajstić information content (AvgIpc) is 3.32. The van der Waals surface area contributed by atoms with E-state index in [0.717, 1.165) is 36.6 Å². The molecule has 3 aromatic rings. The van der Waals surface area contributed by atoms with Crippen molar-refractivity contribution < 1.29 is 14.1 Å². The van der Waals surface area contributed by atoms with Crippen LogP contribution in [0, 0.1) is 6.92 Å². The van der Waals surface area contributed by atoms with Crippen molar-refractivity contribution in [3.8, 4) is 5.75 Å². The molecule has 2 aromatic carbocycles. The number of carbonyl (C=O) groups excluding carboxylic acids is 1. The van der Waals surface area contributed by atoms with Crippen molar-refractivity contribution in [2.24, 2.45) is 0 Å². The molecule has 0 atom stereocenters. The lowest BCUT2D eigenvalue weighted by Crippen LogP contribution is -2.34. The molecule has 0 fully saturated rings. The molecule has 0 aliphatic carbocycles. The summed E-state index contributed by atoms with van der Waals surface area (Å²) in [7, 11) is 0. The van der Waals surface area contributed by atoms with E-state index in [0.29, 0.717) is 6.42 Å². The highest BCUT2D eigenvalue weighted by atomic mass is 32.1.